The highest BCUT2D eigenvalue weighted by Crippen LogP contribution is 2.64. The molecule has 6 heteroatoms. The third-order valence-electron chi connectivity index (χ3n) is 5.68. The quantitative estimate of drug-likeness (QED) is 0.651. The Balaban J connectivity index is 1.86. The van der Waals surface area contributed by atoms with E-state index in [0.29, 0.717) is 33.2 Å². The zero-order valence-electron chi connectivity index (χ0n) is 14.2. The second-order valence-corrected chi connectivity index (χ2v) is 7.87. The van der Waals surface area contributed by atoms with Crippen LogP contribution in [0.1, 0.15) is 43.6 Å². The van der Waals surface area contributed by atoms with Crippen LogP contribution in [0, 0.1) is 6.92 Å². The number of aromatic hydroxyl groups is 2. The topological polar surface area (TPSA) is 67.8 Å². The van der Waals surface area contributed by atoms with Crippen LogP contribution >= 0.6 is 11.6 Å². The van der Waals surface area contributed by atoms with Gasteiger partial charge in [-0.2, -0.15) is 0 Å². The number of rotatable bonds is 1. The third-order valence-corrected chi connectivity index (χ3v) is 5.98. The highest BCUT2D eigenvalue weighted by Gasteiger charge is 2.59. The van der Waals surface area contributed by atoms with E-state index in [9.17, 15) is 10.2 Å². The zero-order chi connectivity index (χ0) is 17.7. The van der Waals surface area contributed by atoms with E-state index in [-0.39, 0.29) is 11.8 Å². The van der Waals surface area contributed by atoms with Crippen LogP contribution in [-0.4, -0.2) is 14.8 Å². The molecule has 2 unspecified atom stereocenters. The number of ether oxygens (including phenoxy) is 1. The fraction of sp³-hybridized carbons (Fsp3) is 0.368. The molecule has 1 saturated heterocycles. The molecule has 4 heterocycles. The standard InChI is InChI=1S/C19H18ClNO4/c1-9-8-10-12(5-4-11(20)15(10)24-9)21-16(22)13-14(17(21)23)19(3)7-6-18(13,2)25-19/h4-5,8,22-23H,6-7H2,1-3H3. The number of furan rings is 1. The first-order valence-corrected chi connectivity index (χ1v) is 8.70. The summed E-state index contributed by atoms with van der Waals surface area (Å²) in [6.07, 6.45) is 1.63. The van der Waals surface area contributed by atoms with E-state index < -0.39 is 11.2 Å². The van der Waals surface area contributed by atoms with Gasteiger partial charge in [-0.3, -0.25) is 4.57 Å². The van der Waals surface area contributed by atoms with Crippen LogP contribution in [0.4, 0.5) is 0 Å². The molecule has 2 bridgehead atoms. The number of nitrogens with zero attached hydrogens (tertiary/aromatic N) is 1. The maximum absolute atomic E-state index is 11.0. The molecule has 5 nitrogen and oxygen atoms in total. The van der Waals surface area contributed by atoms with E-state index in [0.717, 1.165) is 18.2 Å². The largest absolute Gasteiger partial charge is 0.494 e. The van der Waals surface area contributed by atoms with Crippen LogP contribution in [0.15, 0.2) is 22.6 Å². The Hall–Kier alpha value is -2.11. The van der Waals surface area contributed by atoms with Crippen LogP contribution in [0.2, 0.25) is 5.02 Å². The Bertz CT molecular complexity index is 1030. The molecule has 0 aliphatic carbocycles. The first kappa shape index (κ1) is 15.2. The molecule has 1 aromatic carbocycles. The summed E-state index contributed by atoms with van der Waals surface area (Å²) in [6, 6.07) is 5.34. The number of hydrogen-bond donors (Lipinski definition) is 2. The van der Waals surface area contributed by atoms with Crippen molar-refractivity contribution in [2.45, 2.75) is 44.8 Å². The summed E-state index contributed by atoms with van der Waals surface area (Å²) < 4.78 is 13.3. The second kappa shape index (κ2) is 4.34. The predicted molar refractivity (Wildman–Crippen MR) is 93.6 cm³/mol. The molecule has 2 aliphatic rings. The number of hydrogen-bond acceptors (Lipinski definition) is 4. The van der Waals surface area contributed by atoms with Gasteiger partial charge in [-0.1, -0.05) is 11.6 Å². The zero-order valence-corrected chi connectivity index (χ0v) is 14.9. The maximum atomic E-state index is 11.0. The van der Waals surface area contributed by atoms with Crippen LogP contribution in [0.3, 0.4) is 0 Å². The van der Waals surface area contributed by atoms with Crippen molar-refractivity contribution in [3.05, 3.63) is 40.1 Å². The fourth-order valence-corrected chi connectivity index (χ4v) is 4.80. The van der Waals surface area contributed by atoms with Crippen molar-refractivity contribution in [3.8, 4) is 17.4 Å². The number of benzene rings is 1. The molecule has 130 valence electrons. The van der Waals surface area contributed by atoms with E-state index in [1.165, 1.54) is 4.57 Å². The average Bonchev–Trinajstić information content (AvgIpc) is 3.21. The van der Waals surface area contributed by atoms with Gasteiger partial charge in [0.05, 0.1) is 33.0 Å². The fourth-order valence-electron chi connectivity index (χ4n) is 4.60. The molecular formula is C19H18ClNO4. The van der Waals surface area contributed by atoms with Gasteiger partial charge >= 0.3 is 0 Å². The minimum absolute atomic E-state index is 0.0147. The van der Waals surface area contributed by atoms with Crippen LogP contribution in [-0.2, 0) is 15.9 Å². The maximum Gasteiger partial charge on any atom is 0.205 e. The first-order valence-electron chi connectivity index (χ1n) is 8.32. The van der Waals surface area contributed by atoms with E-state index in [2.05, 4.69) is 0 Å². The van der Waals surface area contributed by atoms with Crippen LogP contribution < -0.4 is 0 Å². The average molecular weight is 360 g/mol. The Morgan fingerprint density at radius 2 is 1.68 bits per heavy atom. The monoisotopic (exact) mass is 359 g/mol. The van der Waals surface area contributed by atoms with Gasteiger partial charge < -0.3 is 19.4 Å². The summed E-state index contributed by atoms with van der Waals surface area (Å²) in [6.45, 7) is 5.77. The molecule has 2 atom stereocenters. The van der Waals surface area contributed by atoms with Crippen molar-refractivity contribution in [1.29, 1.82) is 0 Å². The van der Waals surface area contributed by atoms with Crippen molar-refractivity contribution >= 4 is 22.6 Å². The minimum atomic E-state index is -0.575. The second-order valence-electron chi connectivity index (χ2n) is 7.46. The lowest BCUT2D eigenvalue weighted by Crippen LogP contribution is -2.17. The van der Waals surface area contributed by atoms with Gasteiger partial charge in [0.2, 0.25) is 11.8 Å². The summed E-state index contributed by atoms with van der Waals surface area (Å²) in [5.74, 6) is 0.743. The molecular weight excluding hydrogens is 342 g/mol. The molecule has 2 N–H and O–H groups in total. The number of halogens is 1. The lowest BCUT2D eigenvalue weighted by Gasteiger charge is -2.21. The van der Waals surface area contributed by atoms with Gasteiger partial charge in [0, 0.05) is 5.39 Å². The summed E-state index contributed by atoms with van der Waals surface area (Å²) in [5.41, 5.74) is 1.39. The van der Waals surface area contributed by atoms with Gasteiger partial charge in [-0.25, -0.2) is 0 Å². The van der Waals surface area contributed by atoms with E-state index in [4.69, 9.17) is 20.8 Å². The molecule has 3 aromatic rings. The number of aromatic nitrogens is 1. The predicted octanol–water partition coefficient (Wildman–Crippen LogP) is 4.85. The molecule has 0 saturated carbocycles. The lowest BCUT2D eigenvalue weighted by molar-refractivity contribution is -0.0683. The van der Waals surface area contributed by atoms with Crippen molar-refractivity contribution in [2.75, 3.05) is 0 Å². The molecule has 2 aliphatic heterocycles. The normalized spacial score (nSPS) is 27.4. The third kappa shape index (κ3) is 1.68. The molecule has 25 heavy (non-hydrogen) atoms. The Labute approximate surface area is 149 Å². The first-order chi connectivity index (χ1) is 11.8. The van der Waals surface area contributed by atoms with Crippen LogP contribution in [0.5, 0.6) is 11.8 Å². The van der Waals surface area contributed by atoms with E-state index in [1.54, 1.807) is 12.1 Å². The number of aryl methyl sites for hydroxylation is 1. The minimum Gasteiger partial charge on any atom is -0.494 e. The molecule has 0 amide bonds. The van der Waals surface area contributed by atoms with Crippen molar-refractivity contribution < 1.29 is 19.4 Å². The summed E-state index contributed by atoms with van der Waals surface area (Å²) in [7, 11) is 0. The highest BCUT2D eigenvalue weighted by molar-refractivity contribution is 6.35. The van der Waals surface area contributed by atoms with Gasteiger partial charge in [-0.05, 0) is 51.8 Å². The lowest BCUT2D eigenvalue weighted by atomic mass is 9.80. The van der Waals surface area contributed by atoms with Crippen molar-refractivity contribution in [3.63, 3.8) is 0 Å². The molecule has 0 radical (unpaired) electrons. The Kier molecular flexibility index (Phi) is 2.64. The highest BCUT2D eigenvalue weighted by atomic mass is 35.5. The molecule has 0 spiro atoms. The molecule has 2 aromatic heterocycles. The SMILES string of the molecule is Cc1cc2c(-n3c(O)c4c(c3O)C3(C)CCC4(C)O3)ccc(Cl)c2o1. The Morgan fingerprint density at radius 1 is 1.08 bits per heavy atom. The van der Waals surface area contributed by atoms with Gasteiger partial charge in [-0.15, -0.1) is 0 Å². The molecule has 1 fully saturated rings. The Morgan fingerprint density at radius 3 is 2.28 bits per heavy atom. The summed E-state index contributed by atoms with van der Waals surface area (Å²) in [4.78, 5) is 0. The number of fused-ring (bicyclic) bond motifs is 6. The van der Waals surface area contributed by atoms with E-state index >= 15 is 0 Å². The summed E-state index contributed by atoms with van der Waals surface area (Å²) in [5, 5.41) is 23.2. The smallest absolute Gasteiger partial charge is 0.205 e. The van der Waals surface area contributed by atoms with Crippen molar-refractivity contribution in [2.24, 2.45) is 0 Å². The van der Waals surface area contributed by atoms with Gasteiger partial charge in [0.15, 0.2) is 5.58 Å². The van der Waals surface area contributed by atoms with E-state index in [1.807, 2.05) is 26.8 Å². The van der Waals surface area contributed by atoms with Gasteiger partial charge in [0.1, 0.15) is 5.76 Å². The van der Waals surface area contributed by atoms with Gasteiger partial charge in [0.25, 0.3) is 0 Å². The summed E-state index contributed by atoms with van der Waals surface area (Å²) >= 11 is 6.24. The van der Waals surface area contributed by atoms with Crippen LogP contribution in [0.25, 0.3) is 16.7 Å². The van der Waals surface area contributed by atoms with Crippen molar-refractivity contribution in [1.82, 2.24) is 4.57 Å². The molecule has 5 rings (SSSR count).